The van der Waals surface area contributed by atoms with Crippen molar-refractivity contribution in [1.82, 2.24) is 20.0 Å². The second-order valence-corrected chi connectivity index (χ2v) is 6.23. The zero-order valence-electron chi connectivity index (χ0n) is 17.0. The van der Waals surface area contributed by atoms with E-state index in [1.54, 1.807) is 37.1 Å². The van der Waals surface area contributed by atoms with Crippen molar-refractivity contribution in [3.63, 3.8) is 0 Å². The number of aliphatic imine (C=N–C) groups is 1. The molecule has 1 atom stereocenters. The minimum atomic E-state index is -0.769. The van der Waals surface area contributed by atoms with Gasteiger partial charge in [-0.25, -0.2) is 0 Å². The van der Waals surface area contributed by atoms with E-state index in [0.717, 1.165) is 18.1 Å². The van der Waals surface area contributed by atoms with Gasteiger partial charge in [-0.15, -0.1) is 24.0 Å². The van der Waals surface area contributed by atoms with E-state index in [1.807, 2.05) is 38.3 Å². The summed E-state index contributed by atoms with van der Waals surface area (Å²) in [6.45, 7) is 3.63. The molecule has 2 rings (SSSR count). The average molecular weight is 503 g/mol. The van der Waals surface area contributed by atoms with Crippen LogP contribution < -0.4 is 14.8 Å². The number of halogens is 1. The summed E-state index contributed by atoms with van der Waals surface area (Å²) in [7, 11) is 7.01. The Kier molecular flexibility index (Phi) is 10.1. The molecule has 0 aliphatic rings. The largest absolute Gasteiger partial charge is 0.497 e. The molecule has 0 spiro atoms. The fourth-order valence-corrected chi connectivity index (χ4v) is 2.67. The number of hydrogen-bond donors (Lipinski definition) is 2. The van der Waals surface area contributed by atoms with Crippen LogP contribution in [0.5, 0.6) is 11.5 Å². The standard InChI is InChI=1S/C19H29N5O3.HI/c1-6-20-19(23(2)12-14-10-22-24(3)13-14)21-11-18(25)15-7-16(26-4)9-17(8-15)27-5;/h7-10,13,18,25H,6,11-12H2,1-5H3,(H,20,21);1H. The summed E-state index contributed by atoms with van der Waals surface area (Å²) in [6, 6.07) is 5.34. The van der Waals surface area contributed by atoms with Gasteiger partial charge >= 0.3 is 0 Å². The second kappa shape index (κ2) is 11.7. The second-order valence-electron chi connectivity index (χ2n) is 6.23. The lowest BCUT2D eigenvalue weighted by atomic mass is 10.1. The third-order valence-electron chi connectivity index (χ3n) is 4.05. The molecule has 0 amide bonds. The molecule has 0 bridgehead atoms. The van der Waals surface area contributed by atoms with Crippen molar-refractivity contribution in [3.05, 3.63) is 41.7 Å². The first-order chi connectivity index (χ1) is 13.0. The van der Waals surface area contributed by atoms with E-state index < -0.39 is 6.10 Å². The van der Waals surface area contributed by atoms with E-state index in [4.69, 9.17) is 9.47 Å². The van der Waals surface area contributed by atoms with Gasteiger partial charge in [0.1, 0.15) is 11.5 Å². The van der Waals surface area contributed by atoms with E-state index >= 15 is 0 Å². The summed E-state index contributed by atoms with van der Waals surface area (Å²) in [4.78, 5) is 6.58. The van der Waals surface area contributed by atoms with Crippen molar-refractivity contribution in [3.8, 4) is 11.5 Å². The molecular weight excluding hydrogens is 473 g/mol. The molecule has 1 aromatic heterocycles. The van der Waals surface area contributed by atoms with Crippen molar-refractivity contribution >= 4 is 29.9 Å². The lowest BCUT2D eigenvalue weighted by Crippen LogP contribution is -2.38. The van der Waals surface area contributed by atoms with Gasteiger partial charge in [-0.05, 0) is 24.6 Å². The van der Waals surface area contributed by atoms with Crippen molar-refractivity contribution in [1.29, 1.82) is 0 Å². The lowest BCUT2D eigenvalue weighted by Gasteiger charge is -2.22. The van der Waals surface area contributed by atoms with Gasteiger partial charge in [0.05, 0.1) is 33.1 Å². The van der Waals surface area contributed by atoms with Crippen LogP contribution >= 0.6 is 24.0 Å². The normalized spacial score (nSPS) is 12.1. The number of guanidine groups is 1. The number of benzene rings is 1. The first-order valence-corrected chi connectivity index (χ1v) is 8.84. The quantitative estimate of drug-likeness (QED) is 0.327. The first-order valence-electron chi connectivity index (χ1n) is 8.84. The van der Waals surface area contributed by atoms with Crippen molar-refractivity contribution < 1.29 is 14.6 Å². The van der Waals surface area contributed by atoms with Crippen LogP contribution in [0.3, 0.4) is 0 Å². The topological polar surface area (TPSA) is 84.1 Å². The zero-order valence-corrected chi connectivity index (χ0v) is 19.4. The van der Waals surface area contributed by atoms with Gasteiger partial charge < -0.3 is 24.8 Å². The zero-order chi connectivity index (χ0) is 19.8. The number of methoxy groups -OCH3 is 2. The lowest BCUT2D eigenvalue weighted by molar-refractivity contribution is 0.185. The molecule has 2 N–H and O–H groups in total. The van der Waals surface area contributed by atoms with Gasteiger partial charge in [0.25, 0.3) is 0 Å². The third-order valence-corrected chi connectivity index (χ3v) is 4.05. The van der Waals surface area contributed by atoms with Gasteiger partial charge in [0.2, 0.25) is 0 Å². The molecule has 0 fully saturated rings. The highest BCUT2D eigenvalue weighted by atomic mass is 127. The van der Waals surface area contributed by atoms with Gasteiger partial charge in [-0.3, -0.25) is 9.67 Å². The van der Waals surface area contributed by atoms with Gasteiger partial charge in [-0.2, -0.15) is 5.10 Å². The molecule has 0 aliphatic carbocycles. The summed E-state index contributed by atoms with van der Waals surface area (Å²) >= 11 is 0. The third kappa shape index (κ3) is 6.86. The number of nitrogens with zero attached hydrogens (tertiary/aromatic N) is 4. The number of nitrogens with one attached hydrogen (secondary N) is 1. The number of hydrogen-bond acceptors (Lipinski definition) is 5. The van der Waals surface area contributed by atoms with Crippen LogP contribution in [0.15, 0.2) is 35.6 Å². The first kappa shape index (κ1) is 24.0. The molecule has 0 radical (unpaired) electrons. The highest BCUT2D eigenvalue weighted by Gasteiger charge is 2.13. The van der Waals surface area contributed by atoms with Crippen LogP contribution in [-0.2, 0) is 13.6 Å². The van der Waals surface area contributed by atoms with Crippen LogP contribution in [0, 0.1) is 0 Å². The molecule has 2 aromatic rings. The van der Waals surface area contributed by atoms with E-state index in [0.29, 0.717) is 23.6 Å². The Labute approximate surface area is 183 Å². The fourth-order valence-electron chi connectivity index (χ4n) is 2.67. The molecule has 1 heterocycles. The Balaban J connectivity index is 0.00000392. The molecule has 9 heteroatoms. The van der Waals surface area contributed by atoms with Crippen LogP contribution in [0.4, 0.5) is 0 Å². The SMILES string of the molecule is CCNC(=NCC(O)c1cc(OC)cc(OC)c1)N(C)Cc1cnn(C)c1.I. The van der Waals surface area contributed by atoms with E-state index in [2.05, 4.69) is 15.4 Å². The minimum Gasteiger partial charge on any atom is -0.497 e. The Bertz CT molecular complexity index is 744. The monoisotopic (exact) mass is 503 g/mol. The van der Waals surface area contributed by atoms with Crippen LogP contribution in [0.2, 0.25) is 0 Å². The Morgan fingerprint density at radius 1 is 1.29 bits per heavy atom. The van der Waals surface area contributed by atoms with E-state index in [9.17, 15) is 5.11 Å². The number of aryl methyl sites for hydroxylation is 1. The molecule has 1 unspecified atom stereocenters. The van der Waals surface area contributed by atoms with Crippen molar-refractivity contribution in [2.45, 2.75) is 19.6 Å². The fraction of sp³-hybridized carbons (Fsp3) is 0.474. The summed E-state index contributed by atoms with van der Waals surface area (Å²) in [6.07, 6.45) is 3.03. The summed E-state index contributed by atoms with van der Waals surface area (Å²) in [5.41, 5.74) is 1.78. The number of ether oxygens (including phenoxy) is 2. The molecule has 0 aliphatic heterocycles. The summed E-state index contributed by atoms with van der Waals surface area (Å²) < 4.78 is 12.3. The van der Waals surface area contributed by atoms with Crippen LogP contribution in [0.1, 0.15) is 24.2 Å². The number of rotatable bonds is 8. The van der Waals surface area contributed by atoms with E-state index in [-0.39, 0.29) is 30.5 Å². The summed E-state index contributed by atoms with van der Waals surface area (Å²) in [5.74, 6) is 1.98. The molecule has 156 valence electrons. The smallest absolute Gasteiger partial charge is 0.194 e. The Morgan fingerprint density at radius 2 is 1.93 bits per heavy atom. The van der Waals surface area contributed by atoms with Crippen molar-refractivity contribution in [2.24, 2.45) is 12.0 Å². The number of aliphatic hydroxyl groups is 1. The number of aromatic nitrogens is 2. The molecule has 8 nitrogen and oxygen atoms in total. The van der Waals surface area contributed by atoms with E-state index in [1.165, 1.54) is 0 Å². The Morgan fingerprint density at radius 3 is 2.43 bits per heavy atom. The van der Waals surface area contributed by atoms with Gasteiger partial charge in [0.15, 0.2) is 5.96 Å². The van der Waals surface area contributed by atoms with Crippen LogP contribution in [0.25, 0.3) is 0 Å². The molecule has 1 aromatic carbocycles. The molecular formula is C19H30IN5O3. The van der Waals surface area contributed by atoms with Gasteiger partial charge in [-0.1, -0.05) is 0 Å². The Hall–Kier alpha value is -2.01. The number of aliphatic hydroxyl groups excluding tert-OH is 1. The molecule has 0 saturated heterocycles. The van der Waals surface area contributed by atoms with Crippen molar-refractivity contribution in [2.75, 3.05) is 34.4 Å². The average Bonchev–Trinajstić information content (AvgIpc) is 3.08. The maximum Gasteiger partial charge on any atom is 0.194 e. The predicted molar refractivity (Wildman–Crippen MR) is 121 cm³/mol. The highest BCUT2D eigenvalue weighted by Crippen LogP contribution is 2.26. The molecule has 0 saturated carbocycles. The van der Waals surface area contributed by atoms with Crippen LogP contribution in [-0.4, -0.2) is 60.1 Å². The summed E-state index contributed by atoms with van der Waals surface area (Å²) in [5, 5.41) is 18.0. The maximum atomic E-state index is 10.6. The predicted octanol–water partition coefficient (Wildman–Crippen LogP) is 2.19. The maximum absolute atomic E-state index is 10.6. The van der Waals surface area contributed by atoms with Gasteiger partial charge in [0, 0.05) is 45.0 Å². The highest BCUT2D eigenvalue weighted by molar-refractivity contribution is 14.0. The minimum absolute atomic E-state index is 0. The molecule has 28 heavy (non-hydrogen) atoms.